The van der Waals surface area contributed by atoms with Crippen LogP contribution in [0.4, 0.5) is 4.39 Å². The van der Waals surface area contributed by atoms with E-state index in [2.05, 4.69) is 19.1 Å². The van der Waals surface area contributed by atoms with Gasteiger partial charge >= 0.3 is 5.97 Å². The highest BCUT2D eigenvalue weighted by Gasteiger charge is 2.31. The average Bonchev–Trinajstić information content (AvgIpc) is 2.80. The molecule has 2 aromatic rings. The Hall–Kier alpha value is -2.16. The fraction of sp³-hybridized carbons (Fsp3) is 0.536. The molecule has 2 saturated carbocycles. The van der Waals surface area contributed by atoms with Gasteiger partial charge in [0, 0.05) is 6.07 Å². The van der Waals surface area contributed by atoms with Crippen molar-refractivity contribution in [3.8, 4) is 5.75 Å². The van der Waals surface area contributed by atoms with Gasteiger partial charge in [-0.1, -0.05) is 50.8 Å². The molecular formula is C28H35FO2. The van der Waals surface area contributed by atoms with Crippen LogP contribution in [0.5, 0.6) is 5.75 Å². The fourth-order valence-corrected chi connectivity index (χ4v) is 5.87. The van der Waals surface area contributed by atoms with Crippen LogP contribution in [0.15, 0.2) is 48.5 Å². The molecule has 2 aromatic carbocycles. The standard InChI is InChI=1S/C28H35FO2/c1-2-4-20-7-9-21(10-8-20)22-11-13-23(14-12-22)24-15-17-25(18-16-24)28(30)31-27-6-3-5-26(29)19-27/h3,5-6,15-23H,2,4,7-14H2,1H3/t20-,21-,22?,23?. The number of rotatable bonds is 6. The van der Waals surface area contributed by atoms with Crippen molar-refractivity contribution in [3.05, 3.63) is 65.5 Å². The Morgan fingerprint density at radius 3 is 2.16 bits per heavy atom. The van der Waals surface area contributed by atoms with E-state index < -0.39 is 11.8 Å². The number of hydrogen-bond donors (Lipinski definition) is 0. The Kier molecular flexibility index (Phi) is 7.42. The molecular weight excluding hydrogens is 387 g/mol. The maximum atomic E-state index is 13.3. The van der Waals surface area contributed by atoms with Crippen molar-refractivity contribution in [1.82, 2.24) is 0 Å². The summed E-state index contributed by atoms with van der Waals surface area (Å²) in [5.41, 5.74) is 1.83. The van der Waals surface area contributed by atoms with Gasteiger partial charge < -0.3 is 4.74 Å². The van der Waals surface area contributed by atoms with Gasteiger partial charge in [0.05, 0.1) is 5.56 Å². The van der Waals surface area contributed by atoms with Gasteiger partial charge in [-0.25, -0.2) is 9.18 Å². The molecule has 0 heterocycles. The number of hydrogen-bond acceptors (Lipinski definition) is 2. The lowest BCUT2D eigenvalue weighted by Crippen LogP contribution is -2.25. The van der Waals surface area contributed by atoms with Crippen LogP contribution < -0.4 is 4.74 Å². The third-order valence-electron chi connectivity index (χ3n) is 7.65. The number of ether oxygens (including phenoxy) is 1. The van der Waals surface area contributed by atoms with Crippen LogP contribution in [-0.4, -0.2) is 5.97 Å². The first kappa shape index (κ1) is 22.0. The van der Waals surface area contributed by atoms with Gasteiger partial charge in [-0.15, -0.1) is 0 Å². The van der Waals surface area contributed by atoms with Crippen LogP contribution in [0.3, 0.4) is 0 Å². The van der Waals surface area contributed by atoms with E-state index in [0.29, 0.717) is 11.5 Å². The molecule has 3 heteroatoms. The molecule has 31 heavy (non-hydrogen) atoms. The van der Waals surface area contributed by atoms with Crippen LogP contribution in [0, 0.1) is 23.6 Å². The minimum Gasteiger partial charge on any atom is -0.423 e. The van der Waals surface area contributed by atoms with E-state index in [0.717, 1.165) is 17.8 Å². The molecule has 166 valence electrons. The van der Waals surface area contributed by atoms with E-state index in [-0.39, 0.29) is 5.75 Å². The Labute approximate surface area is 186 Å². The monoisotopic (exact) mass is 422 g/mol. The van der Waals surface area contributed by atoms with E-state index in [1.54, 1.807) is 6.07 Å². The molecule has 2 aliphatic rings. The third-order valence-corrected chi connectivity index (χ3v) is 7.65. The van der Waals surface area contributed by atoms with Gasteiger partial charge in [0.25, 0.3) is 0 Å². The van der Waals surface area contributed by atoms with Crippen molar-refractivity contribution in [2.75, 3.05) is 0 Å². The highest BCUT2D eigenvalue weighted by atomic mass is 19.1. The highest BCUT2D eigenvalue weighted by molar-refractivity contribution is 5.91. The van der Waals surface area contributed by atoms with Crippen LogP contribution in [-0.2, 0) is 0 Å². The quantitative estimate of drug-likeness (QED) is 0.349. The van der Waals surface area contributed by atoms with Crippen LogP contribution >= 0.6 is 0 Å². The Bertz CT molecular complexity index is 844. The number of esters is 1. The van der Waals surface area contributed by atoms with E-state index in [4.69, 9.17) is 4.74 Å². The van der Waals surface area contributed by atoms with Gasteiger partial charge in [-0.05, 0) is 92.0 Å². The lowest BCUT2D eigenvalue weighted by molar-refractivity contribution is 0.0734. The van der Waals surface area contributed by atoms with Gasteiger partial charge in [0.2, 0.25) is 0 Å². The molecule has 0 aliphatic heterocycles. The fourth-order valence-electron chi connectivity index (χ4n) is 5.87. The van der Waals surface area contributed by atoms with Crippen molar-refractivity contribution in [3.63, 3.8) is 0 Å². The maximum Gasteiger partial charge on any atom is 0.343 e. The number of halogens is 1. The summed E-state index contributed by atoms with van der Waals surface area (Å²) < 4.78 is 18.6. The smallest absolute Gasteiger partial charge is 0.343 e. The van der Waals surface area contributed by atoms with Crippen LogP contribution in [0.25, 0.3) is 0 Å². The van der Waals surface area contributed by atoms with E-state index in [1.165, 1.54) is 88.0 Å². The Balaban J connectivity index is 1.27. The van der Waals surface area contributed by atoms with Gasteiger partial charge in [-0.2, -0.15) is 0 Å². The van der Waals surface area contributed by atoms with E-state index in [9.17, 15) is 9.18 Å². The first-order valence-corrected chi connectivity index (χ1v) is 12.2. The summed E-state index contributed by atoms with van der Waals surface area (Å²) in [5, 5.41) is 0. The second kappa shape index (κ2) is 10.4. The predicted molar refractivity (Wildman–Crippen MR) is 123 cm³/mol. The normalized spacial score (nSPS) is 26.4. The number of benzene rings is 2. The average molecular weight is 423 g/mol. The van der Waals surface area contributed by atoms with Crippen molar-refractivity contribution in [2.45, 2.75) is 77.0 Å². The summed E-state index contributed by atoms with van der Waals surface area (Å²) in [7, 11) is 0. The Morgan fingerprint density at radius 2 is 1.55 bits per heavy atom. The van der Waals surface area contributed by atoms with Crippen molar-refractivity contribution in [2.24, 2.45) is 17.8 Å². The summed E-state index contributed by atoms with van der Waals surface area (Å²) in [6.45, 7) is 2.31. The molecule has 0 radical (unpaired) electrons. The molecule has 2 aliphatic carbocycles. The molecule has 2 nitrogen and oxygen atoms in total. The SMILES string of the molecule is CCC[C@H]1CC[C@H](C2CCC(c3ccc(C(=O)Oc4cccc(F)c4)cc3)CC2)CC1. The zero-order valence-electron chi connectivity index (χ0n) is 18.7. The number of carbonyl (C=O) groups excluding carboxylic acids is 1. The van der Waals surface area contributed by atoms with Crippen LogP contribution in [0.2, 0.25) is 0 Å². The molecule has 0 bridgehead atoms. The van der Waals surface area contributed by atoms with E-state index >= 15 is 0 Å². The van der Waals surface area contributed by atoms with Gasteiger partial charge in [0.15, 0.2) is 0 Å². The van der Waals surface area contributed by atoms with Gasteiger partial charge in [-0.3, -0.25) is 0 Å². The Morgan fingerprint density at radius 1 is 0.903 bits per heavy atom. The van der Waals surface area contributed by atoms with Crippen molar-refractivity contribution < 1.29 is 13.9 Å². The molecule has 0 amide bonds. The molecule has 0 spiro atoms. The number of carbonyl (C=O) groups is 1. The minimum atomic E-state index is -0.445. The zero-order valence-corrected chi connectivity index (χ0v) is 18.7. The van der Waals surface area contributed by atoms with Gasteiger partial charge in [0.1, 0.15) is 11.6 Å². The summed E-state index contributed by atoms with van der Waals surface area (Å²) in [6, 6.07) is 13.5. The molecule has 0 aromatic heterocycles. The first-order chi connectivity index (χ1) is 15.1. The molecule has 0 saturated heterocycles. The summed E-state index contributed by atoms with van der Waals surface area (Å²) in [5.74, 6) is 2.83. The predicted octanol–water partition coefficient (Wildman–Crippen LogP) is 7.93. The molecule has 2 fully saturated rings. The molecule has 4 rings (SSSR count). The minimum absolute atomic E-state index is 0.233. The summed E-state index contributed by atoms with van der Waals surface area (Å²) >= 11 is 0. The zero-order chi connectivity index (χ0) is 21.6. The summed E-state index contributed by atoms with van der Waals surface area (Å²) in [6.07, 6.45) is 13.8. The van der Waals surface area contributed by atoms with Crippen molar-refractivity contribution >= 4 is 5.97 Å². The first-order valence-electron chi connectivity index (χ1n) is 12.2. The topological polar surface area (TPSA) is 26.3 Å². The lowest BCUT2D eigenvalue weighted by atomic mass is 9.68. The highest BCUT2D eigenvalue weighted by Crippen LogP contribution is 2.44. The maximum absolute atomic E-state index is 13.3. The largest absolute Gasteiger partial charge is 0.423 e. The summed E-state index contributed by atoms with van der Waals surface area (Å²) in [4.78, 5) is 12.4. The van der Waals surface area contributed by atoms with Crippen LogP contribution in [0.1, 0.15) is 93.0 Å². The van der Waals surface area contributed by atoms with Crippen molar-refractivity contribution in [1.29, 1.82) is 0 Å². The third kappa shape index (κ3) is 5.75. The second-order valence-corrected chi connectivity index (χ2v) is 9.65. The molecule has 0 N–H and O–H groups in total. The van der Waals surface area contributed by atoms with E-state index in [1.807, 2.05) is 12.1 Å². The second-order valence-electron chi connectivity index (χ2n) is 9.65. The lowest BCUT2D eigenvalue weighted by Gasteiger charge is -2.38. The molecule has 0 atom stereocenters. The molecule has 0 unspecified atom stereocenters.